The van der Waals surface area contributed by atoms with Gasteiger partial charge < -0.3 is 14.0 Å². The molecule has 5 heteroatoms. The van der Waals surface area contributed by atoms with Crippen molar-refractivity contribution in [3.05, 3.63) is 58.4 Å². The van der Waals surface area contributed by atoms with Crippen LogP contribution in [0, 0.1) is 0 Å². The van der Waals surface area contributed by atoms with Crippen LogP contribution in [-0.2, 0) is 0 Å². The average molecular weight is 365 g/mol. The smallest absolute Gasteiger partial charge is 0.262 e. The fraction of sp³-hybridized carbons (Fsp3) is 0.273. The SMILES string of the molecule is COc1cc2c(-c3ccccc3)c(C(C)=O)c(=O)n(C(C)C)c2cc1OC. The Morgan fingerprint density at radius 2 is 1.59 bits per heavy atom. The second-order valence-corrected chi connectivity index (χ2v) is 6.67. The van der Waals surface area contributed by atoms with E-state index < -0.39 is 0 Å². The molecule has 0 aliphatic carbocycles. The van der Waals surface area contributed by atoms with E-state index in [0.29, 0.717) is 22.6 Å². The van der Waals surface area contributed by atoms with Crippen molar-refractivity contribution in [2.75, 3.05) is 14.2 Å². The number of benzene rings is 2. The predicted molar refractivity (Wildman–Crippen MR) is 107 cm³/mol. The molecule has 140 valence electrons. The molecule has 2 aromatic carbocycles. The second-order valence-electron chi connectivity index (χ2n) is 6.67. The lowest BCUT2D eigenvalue weighted by atomic mass is 9.93. The van der Waals surface area contributed by atoms with E-state index in [1.807, 2.05) is 50.2 Å². The van der Waals surface area contributed by atoms with Crippen LogP contribution >= 0.6 is 0 Å². The number of fused-ring (bicyclic) bond motifs is 1. The molecule has 3 aromatic rings. The molecular weight excluding hydrogens is 342 g/mol. The summed E-state index contributed by atoms with van der Waals surface area (Å²) >= 11 is 0. The van der Waals surface area contributed by atoms with E-state index >= 15 is 0 Å². The van der Waals surface area contributed by atoms with Crippen molar-refractivity contribution in [2.45, 2.75) is 26.8 Å². The maximum atomic E-state index is 13.3. The molecule has 0 aliphatic heterocycles. The number of carbonyl (C=O) groups is 1. The topological polar surface area (TPSA) is 57.5 Å². The molecule has 0 unspecified atom stereocenters. The van der Waals surface area contributed by atoms with E-state index in [-0.39, 0.29) is 22.9 Å². The molecule has 1 aromatic heterocycles. The number of carbonyl (C=O) groups excluding carboxylic acids is 1. The Hall–Kier alpha value is -3.08. The minimum atomic E-state index is -0.295. The number of hydrogen-bond donors (Lipinski definition) is 0. The Balaban J connectivity index is 2.62. The third kappa shape index (κ3) is 3.10. The molecule has 0 amide bonds. The summed E-state index contributed by atoms with van der Waals surface area (Å²) in [6, 6.07) is 13.0. The summed E-state index contributed by atoms with van der Waals surface area (Å²) in [5.41, 5.74) is 2.04. The zero-order chi connectivity index (χ0) is 19.7. The lowest BCUT2D eigenvalue weighted by Gasteiger charge is -2.21. The third-order valence-corrected chi connectivity index (χ3v) is 4.64. The second kappa shape index (κ2) is 7.27. The lowest BCUT2D eigenvalue weighted by molar-refractivity contribution is 0.101. The number of nitrogens with zero attached hydrogens (tertiary/aromatic N) is 1. The summed E-state index contributed by atoms with van der Waals surface area (Å²) in [5, 5.41) is 0.775. The Morgan fingerprint density at radius 3 is 2.11 bits per heavy atom. The van der Waals surface area contributed by atoms with E-state index in [9.17, 15) is 9.59 Å². The molecule has 0 saturated carbocycles. The van der Waals surface area contributed by atoms with Gasteiger partial charge in [0.05, 0.1) is 25.3 Å². The van der Waals surface area contributed by atoms with E-state index in [2.05, 4.69) is 0 Å². The van der Waals surface area contributed by atoms with Crippen molar-refractivity contribution < 1.29 is 14.3 Å². The summed E-state index contributed by atoms with van der Waals surface area (Å²) in [7, 11) is 3.12. The summed E-state index contributed by atoms with van der Waals surface area (Å²) in [6.45, 7) is 5.27. The van der Waals surface area contributed by atoms with Gasteiger partial charge in [0.25, 0.3) is 5.56 Å². The molecule has 27 heavy (non-hydrogen) atoms. The van der Waals surface area contributed by atoms with Crippen LogP contribution in [0.4, 0.5) is 0 Å². The fourth-order valence-electron chi connectivity index (χ4n) is 3.48. The molecule has 3 rings (SSSR count). The van der Waals surface area contributed by atoms with Crippen LogP contribution < -0.4 is 15.0 Å². The van der Waals surface area contributed by atoms with Gasteiger partial charge in [0.1, 0.15) is 0 Å². The molecule has 0 N–H and O–H groups in total. The summed E-state index contributed by atoms with van der Waals surface area (Å²) in [4.78, 5) is 25.8. The lowest BCUT2D eigenvalue weighted by Crippen LogP contribution is -2.28. The molecular formula is C22H23NO4. The maximum Gasteiger partial charge on any atom is 0.262 e. The van der Waals surface area contributed by atoms with Crippen LogP contribution in [0.5, 0.6) is 11.5 Å². The van der Waals surface area contributed by atoms with Gasteiger partial charge in [-0.3, -0.25) is 9.59 Å². The molecule has 5 nitrogen and oxygen atoms in total. The predicted octanol–water partition coefficient (Wildman–Crippen LogP) is 4.47. The zero-order valence-corrected chi connectivity index (χ0v) is 16.2. The van der Waals surface area contributed by atoms with E-state index in [1.165, 1.54) is 6.92 Å². The van der Waals surface area contributed by atoms with Gasteiger partial charge in [-0.2, -0.15) is 0 Å². The van der Waals surface area contributed by atoms with Gasteiger partial charge >= 0.3 is 0 Å². The van der Waals surface area contributed by atoms with Crippen molar-refractivity contribution in [2.24, 2.45) is 0 Å². The molecule has 0 bridgehead atoms. The van der Waals surface area contributed by atoms with Crippen molar-refractivity contribution in [3.8, 4) is 22.6 Å². The Bertz CT molecular complexity index is 1070. The van der Waals surface area contributed by atoms with Crippen LogP contribution in [-0.4, -0.2) is 24.6 Å². The number of ketones is 1. The molecule has 0 spiro atoms. The van der Waals surface area contributed by atoms with E-state index in [0.717, 1.165) is 10.9 Å². The first-order chi connectivity index (χ1) is 12.9. The van der Waals surface area contributed by atoms with Gasteiger partial charge in [-0.25, -0.2) is 0 Å². The number of hydrogen-bond acceptors (Lipinski definition) is 4. The van der Waals surface area contributed by atoms with Gasteiger partial charge in [-0.05, 0) is 32.4 Å². The molecule has 0 saturated heterocycles. The molecule has 0 atom stereocenters. The van der Waals surface area contributed by atoms with Crippen LogP contribution in [0.3, 0.4) is 0 Å². The minimum Gasteiger partial charge on any atom is -0.493 e. The highest BCUT2D eigenvalue weighted by atomic mass is 16.5. The number of pyridine rings is 1. The molecule has 0 aliphatic rings. The van der Waals surface area contributed by atoms with E-state index in [1.54, 1.807) is 24.9 Å². The van der Waals surface area contributed by atoms with Gasteiger partial charge in [0.15, 0.2) is 17.3 Å². The quantitative estimate of drug-likeness (QED) is 0.626. The summed E-state index contributed by atoms with van der Waals surface area (Å²) < 4.78 is 12.5. The fourth-order valence-corrected chi connectivity index (χ4v) is 3.48. The van der Waals surface area contributed by atoms with Crippen molar-refractivity contribution in [3.63, 3.8) is 0 Å². The highest BCUT2D eigenvalue weighted by Gasteiger charge is 2.23. The number of rotatable bonds is 5. The normalized spacial score (nSPS) is 11.0. The van der Waals surface area contributed by atoms with Gasteiger partial charge in [0, 0.05) is 23.1 Å². The minimum absolute atomic E-state index is 0.124. The van der Waals surface area contributed by atoms with E-state index in [4.69, 9.17) is 9.47 Å². The summed E-state index contributed by atoms with van der Waals surface area (Å²) in [6.07, 6.45) is 0. The number of Topliss-reactive ketones (excluding diaryl/α,β-unsaturated/α-hetero) is 1. The summed E-state index contributed by atoms with van der Waals surface area (Å²) in [5.74, 6) is 0.823. The van der Waals surface area contributed by atoms with Crippen molar-refractivity contribution in [1.82, 2.24) is 4.57 Å². The number of ether oxygens (including phenoxy) is 2. The van der Waals surface area contributed by atoms with Crippen LogP contribution in [0.15, 0.2) is 47.3 Å². The Kier molecular flexibility index (Phi) is 5.04. The standard InChI is InChI=1S/C22H23NO4/c1-13(2)23-17-12-19(27-5)18(26-4)11-16(17)21(15-9-7-6-8-10-15)20(14(3)24)22(23)25/h6-13H,1-5H3. The first kappa shape index (κ1) is 18.7. The molecule has 0 radical (unpaired) electrons. The monoisotopic (exact) mass is 365 g/mol. The number of methoxy groups -OCH3 is 2. The Labute approximate surface area is 158 Å². The van der Waals surface area contributed by atoms with Crippen molar-refractivity contribution in [1.29, 1.82) is 0 Å². The van der Waals surface area contributed by atoms with Crippen LogP contribution in [0.2, 0.25) is 0 Å². The number of aromatic nitrogens is 1. The van der Waals surface area contributed by atoms with Gasteiger partial charge in [0.2, 0.25) is 0 Å². The Morgan fingerprint density at radius 1 is 1.00 bits per heavy atom. The first-order valence-electron chi connectivity index (χ1n) is 8.81. The largest absolute Gasteiger partial charge is 0.493 e. The molecule has 1 heterocycles. The van der Waals surface area contributed by atoms with Gasteiger partial charge in [-0.15, -0.1) is 0 Å². The van der Waals surface area contributed by atoms with Crippen molar-refractivity contribution >= 4 is 16.7 Å². The van der Waals surface area contributed by atoms with Crippen LogP contribution in [0.1, 0.15) is 37.2 Å². The third-order valence-electron chi connectivity index (χ3n) is 4.64. The van der Waals surface area contributed by atoms with Crippen LogP contribution in [0.25, 0.3) is 22.0 Å². The highest BCUT2D eigenvalue weighted by Crippen LogP contribution is 2.38. The zero-order valence-electron chi connectivity index (χ0n) is 16.2. The maximum absolute atomic E-state index is 13.3. The average Bonchev–Trinajstić information content (AvgIpc) is 2.65. The highest BCUT2D eigenvalue weighted by molar-refractivity contribution is 6.09. The molecule has 0 fully saturated rings. The first-order valence-corrected chi connectivity index (χ1v) is 8.81. The van der Waals surface area contributed by atoms with Gasteiger partial charge in [-0.1, -0.05) is 30.3 Å².